The van der Waals surface area contributed by atoms with Gasteiger partial charge in [-0.2, -0.15) is 0 Å². The van der Waals surface area contributed by atoms with Gasteiger partial charge in [-0.3, -0.25) is 9.80 Å². The third-order valence-electron chi connectivity index (χ3n) is 9.24. The molecule has 0 radical (unpaired) electrons. The summed E-state index contributed by atoms with van der Waals surface area (Å²) < 4.78 is 24.2. The molecular weight excluding hydrogens is 580 g/mol. The van der Waals surface area contributed by atoms with Crippen molar-refractivity contribution in [2.24, 2.45) is 43.6 Å². The minimum Gasteiger partial charge on any atom is -0.478 e. The highest BCUT2D eigenvalue weighted by atomic mass is 16.5. The van der Waals surface area contributed by atoms with Gasteiger partial charge in [-0.25, -0.2) is 20.0 Å². The lowest BCUT2D eigenvalue weighted by Gasteiger charge is -2.23. The molecule has 4 aliphatic rings. The van der Waals surface area contributed by atoms with Crippen LogP contribution in [0, 0.1) is 23.7 Å². The van der Waals surface area contributed by atoms with Crippen molar-refractivity contribution >= 4 is 23.6 Å². The van der Waals surface area contributed by atoms with E-state index in [0.717, 1.165) is 36.7 Å². The quantitative estimate of drug-likeness (QED) is 0.251. The first-order chi connectivity index (χ1) is 22.0. The number of ether oxygens (including phenoxy) is 4. The largest absolute Gasteiger partial charge is 0.478 e. The van der Waals surface area contributed by atoms with Crippen molar-refractivity contribution in [2.75, 3.05) is 52.6 Å². The Morgan fingerprint density at radius 2 is 0.783 bits per heavy atom. The van der Waals surface area contributed by atoms with E-state index in [1.165, 1.54) is 11.1 Å². The third-order valence-corrected chi connectivity index (χ3v) is 9.24. The highest BCUT2D eigenvalue weighted by Gasteiger charge is 2.29. The lowest BCUT2D eigenvalue weighted by atomic mass is 10.1. The van der Waals surface area contributed by atoms with Gasteiger partial charge in [-0.1, -0.05) is 79.7 Å². The molecule has 46 heavy (non-hydrogen) atoms. The van der Waals surface area contributed by atoms with Crippen LogP contribution < -0.4 is 0 Å². The minimum atomic E-state index is 0.213. The molecule has 10 nitrogen and oxygen atoms in total. The molecule has 0 amide bonds. The normalized spacial score (nSPS) is 24.5. The maximum Gasteiger partial charge on any atom is 0.198 e. The molecule has 5 rings (SSSR count). The summed E-state index contributed by atoms with van der Waals surface area (Å²) >= 11 is 0. The third kappa shape index (κ3) is 9.53. The number of aliphatic imine (C=N–C) groups is 4. The summed E-state index contributed by atoms with van der Waals surface area (Å²) in [6, 6.07) is 9.68. The molecular formula is C36H56N6O4. The Morgan fingerprint density at radius 1 is 0.500 bits per heavy atom. The second-order valence-corrected chi connectivity index (χ2v) is 14.7. The molecule has 4 aliphatic heterocycles. The smallest absolute Gasteiger partial charge is 0.198 e. The molecule has 254 valence electrons. The zero-order valence-electron chi connectivity index (χ0n) is 29.3. The molecule has 4 atom stereocenters. The van der Waals surface area contributed by atoms with Crippen molar-refractivity contribution in [2.45, 2.75) is 92.6 Å². The first-order valence-electron chi connectivity index (χ1n) is 17.3. The van der Waals surface area contributed by atoms with Crippen molar-refractivity contribution in [3.05, 3.63) is 35.4 Å². The van der Waals surface area contributed by atoms with E-state index in [9.17, 15) is 0 Å². The number of hydrogen-bond acceptors (Lipinski definition) is 10. The van der Waals surface area contributed by atoms with Gasteiger partial charge in [0.2, 0.25) is 0 Å². The standard InChI is InChI=1S/C36H56N6O4/c1-23(2)29-19-43-33(37-29)15-41(16-34-38-30(20-44-34)24(3)4)13-27-10-9-11-28(12-27)14-42(17-35-39-31(21-45-35)25(5)6)18-36-40-32(22-46-36)26(7)8/h9-12,23-26,29-32H,13-22H2,1-8H3. The van der Waals surface area contributed by atoms with Gasteiger partial charge in [0, 0.05) is 13.1 Å². The number of rotatable bonds is 16. The minimum absolute atomic E-state index is 0.213. The monoisotopic (exact) mass is 636 g/mol. The highest BCUT2D eigenvalue weighted by Crippen LogP contribution is 2.20. The molecule has 1 aromatic rings. The predicted octanol–water partition coefficient (Wildman–Crippen LogP) is 5.10. The number of hydrogen-bond donors (Lipinski definition) is 0. The van der Waals surface area contributed by atoms with Crippen LogP contribution in [0.3, 0.4) is 0 Å². The number of benzene rings is 1. The van der Waals surface area contributed by atoms with Gasteiger partial charge in [0.1, 0.15) is 26.4 Å². The summed E-state index contributed by atoms with van der Waals surface area (Å²) in [7, 11) is 0. The van der Waals surface area contributed by atoms with E-state index in [1.54, 1.807) is 0 Å². The van der Waals surface area contributed by atoms with Crippen molar-refractivity contribution in [3.63, 3.8) is 0 Å². The first kappa shape index (κ1) is 34.4. The predicted molar refractivity (Wildman–Crippen MR) is 185 cm³/mol. The fourth-order valence-electron chi connectivity index (χ4n) is 5.92. The summed E-state index contributed by atoms with van der Waals surface area (Å²) in [6.07, 6.45) is 0. The average molecular weight is 637 g/mol. The van der Waals surface area contributed by atoms with Gasteiger partial charge >= 0.3 is 0 Å². The van der Waals surface area contributed by atoms with Crippen LogP contribution >= 0.6 is 0 Å². The van der Waals surface area contributed by atoms with Crippen molar-refractivity contribution in [3.8, 4) is 0 Å². The molecule has 0 spiro atoms. The van der Waals surface area contributed by atoms with E-state index in [0.29, 0.717) is 76.3 Å². The molecule has 0 aromatic heterocycles. The Labute approximate surface area is 276 Å². The summed E-state index contributed by atoms with van der Waals surface area (Å²) in [5.74, 6) is 5.01. The topological polar surface area (TPSA) is 92.8 Å². The van der Waals surface area contributed by atoms with Crippen LogP contribution in [0.4, 0.5) is 0 Å². The van der Waals surface area contributed by atoms with E-state index in [-0.39, 0.29) is 24.2 Å². The van der Waals surface area contributed by atoms with E-state index in [2.05, 4.69) is 89.5 Å². The lowest BCUT2D eigenvalue weighted by Crippen LogP contribution is -2.35. The Bertz CT molecular complexity index is 1120. The summed E-state index contributed by atoms with van der Waals surface area (Å²) in [6.45, 7) is 24.1. The molecule has 0 fully saturated rings. The molecule has 4 unspecified atom stereocenters. The molecule has 0 bridgehead atoms. The SMILES string of the molecule is CC(C)C1COC(CN(CC2=NC(C(C)C)CO2)Cc2cccc(CN(CC3=NC(C(C)C)CO3)CC3=NC(C(C)C)CO3)c2)=N1. The van der Waals surface area contributed by atoms with Crippen LogP contribution in [0.25, 0.3) is 0 Å². The van der Waals surface area contributed by atoms with Crippen LogP contribution in [0.2, 0.25) is 0 Å². The van der Waals surface area contributed by atoms with Gasteiger partial charge in [0.05, 0.1) is 50.3 Å². The van der Waals surface area contributed by atoms with Crippen molar-refractivity contribution in [1.82, 2.24) is 9.80 Å². The van der Waals surface area contributed by atoms with Gasteiger partial charge in [0.15, 0.2) is 23.6 Å². The first-order valence-corrected chi connectivity index (χ1v) is 17.3. The van der Waals surface area contributed by atoms with Crippen molar-refractivity contribution < 1.29 is 18.9 Å². The van der Waals surface area contributed by atoms with E-state index < -0.39 is 0 Å². The molecule has 4 heterocycles. The Morgan fingerprint density at radius 3 is 1.02 bits per heavy atom. The Balaban J connectivity index is 1.31. The molecule has 0 N–H and O–H groups in total. The van der Waals surface area contributed by atoms with Crippen LogP contribution in [-0.4, -0.2) is 110 Å². The molecule has 0 aliphatic carbocycles. The van der Waals surface area contributed by atoms with Gasteiger partial charge in [0.25, 0.3) is 0 Å². The van der Waals surface area contributed by atoms with Crippen LogP contribution in [0.5, 0.6) is 0 Å². The van der Waals surface area contributed by atoms with Gasteiger partial charge in [-0.05, 0) is 34.8 Å². The zero-order chi connectivity index (χ0) is 32.8. The van der Waals surface area contributed by atoms with Gasteiger partial charge in [-0.15, -0.1) is 0 Å². The molecule has 0 saturated carbocycles. The number of nitrogens with zero attached hydrogens (tertiary/aromatic N) is 6. The second kappa shape index (κ2) is 15.7. The Hall–Kier alpha value is -2.98. The Kier molecular flexibility index (Phi) is 11.8. The van der Waals surface area contributed by atoms with Crippen LogP contribution in [0.1, 0.15) is 66.5 Å². The molecule has 1 aromatic carbocycles. The average Bonchev–Trinajstić information content (AvgIpc) is 3.81. The zero-order valence-corrected chi connectivity index (χ0v) is 29.3. The summed E-state index contributed by atoms with van der Waals surface area (Å²) in [4.78, 5) is 24.2. The summed E-state index contributed by atoms with van der Waals surface area (Å²) in [5.41, 5.74) is 2.44. The maximum atomic E-state index is 6.04. The fourth-order valence-corrected chi connectivity index (χ4v) is 5.92. The molecule has 10 heteroatoms. The van der Waals surface area contributed by atoms with Crippen LogP contribution in [0.15, 0.2) is 44.2 Å². The van der Waals surface area contributed by atoms with E-state index in [4.69, 9.17) is 38.9 Å². The highest BCUT2D eigenvalue weighted by molar-refractivity contribution is 5.83. The lowest BCUT2D eigenvalue weighted by molar-refractivity contribution is 0.245. The fraction of sp³-hybridized carbons (Fsp3) is 0.722. The van der Waals surface area contributed by atoms with E-state index >= 15 is 0 Å². The maximum absolute atomic E-state index is 6.04. The summed E-state index contributed by atoms with van der Waals surface area (Å²) in [5, 5.41) is 0. The van der Waals surface area contributed by atoms with Crippen molar-refractivity contribution in [1.29, 1.82) is 0 Å². The molecule has 0 saturated heterocycles. The van der Waals surface area contributed by atoms with Gasteiger partial charge < -0.3 is 18.9 Å². The van der Waals surface area contributed by atoms with Crippen LogP contribution in [-0.2, 0) is 32.0 Å². The second-order valence-electron chi connectivity index (χ2n) is 14.7. The van der Waals surface area contributed by atoms with E-state index in [1.807, 2.05) is 0 Å².